The van der Waals surface area contributed by atoms with E-state index in [1.807, 2.05) is 13.1 Å². The summed E-state index contributed by atoms with van der Waals surface area (Å²) in [6.45, 7) is 5.26. The van der Waals surface area contributed by atoms with Gasteiger partial charge in [0, 0.05) is 24.6 Å². The van der Waals surface area contributed by atoms with Gasteiger partial charge < -0.3 is 5.32 Å². The van der Waals surface area contributed by atoms with E-state index in [-0.39, 0.29) is 16.7 Å². The fraction of sp³-hybridized carbons (Fsp3) is 0.524. The Morgan fingerprint density at radius 2 is 1.88 bits per heavy atom. The summed E-state index contributed by atoms with van der Waals surface area (Å²) in [7, 11) is 1.89. The predicted octanol–water partition coefficient (Wildman–Crippen LogP) is 3.40. The van der Waals surface area contributed by atoms with Crippen LogP contribution in [0.5, 0.6) is 0 Å². The molecular formula is C21H27N3O. The zero-order valence-corrected chi connectivity index (χ0v) is 15.4. The van der Waals surface area contributed by atoms with E-state index in [1.165, 1.54) is 12.0 Å². The topological polar surface area (TPSA) is 46.9 Å². The van der Waals surface area contributed by atoms with Gasteiger partial charge in [0.05, 0.1) is 5.69 Å². The number of amides is 1. The molecule has 2 aliphatic rings. The number of nitrogens with zero attached hydrogens (tertiary/aromatic N) is 2. The van der Waals surface area contributed by atoms with E-state index in [1.54, 1.807) is 4.68 Å². The van der Waals surface area contributed by atoms with Crippen LogP contribution in [0.1, 0.15) is 60.4 Å². The van der Waals surface area contributed by atoms with Gasteiger partial charge in [-0.15, -0.1) is 0 Å². The number of fused-ring (bicyclic) bond motifs is 1. The molecule has 4 nitrogen and oxygen atoms in total. The lowest BCUT2D eigenvalue weighted by Gasteiger charge is -2.22. The summed E-state index contributed by atoms with van der Waals surface area (Å²) in [6, 6.07) is 10.6. The summed E-state index contributed by atoms with van der Waals surface area (Å²) in [6.07, 6.45) is 5.41. The van der Waals surface area contributed by atoms with Crippen molar-refractivity contribution >= 4 is 5.91 Å². The molecule has 1 amide bonds. The van der Waals surface area contributed by atoms with Gasteiger partial charge in [-0.05, 0) is 43.1 Å². The molecular weight excluding hydrogens is 310 g/mol. The first-order chi connectivity index (χ1) is 11.9. The first-order valence-electron chi connectivity index (χ1n) is 9.33. The third-order valence-electron chi connectivity index (χ3n) is 6.33. The molecule has 1 atom stereocenters. The molecule has 0 aliphatic heterocycles. The van der Waals surface area contributed by atoms with E-state index >= 15 is 0 Å². The molecule has 4 heteroatoms. The maximum absolute atomic E-state index is 12.9. The zero-order valence-electron chi connectivity index (χ0n) is 15.4. The highest BCUT2D eigenvalue weighted by molar-refractivity contribution is 5.94. The quantitative estimate of drug-likeness (QED) is 0.929. The van der Waals surface area contributed by atoms with Gasteiger partial charge in [0.25, 0.3) is 5.91 Å². The molecule has 2 aromatic rings. The summed E-state index contributed by atoms with van der Waals surface area (Å²) < 4.78 is 1.78. The van der Waals surface area contributed by atoms with Gasteiger partial charge in [-0.3, -0.25) is 9.48 Å². The average Bonchev–Trinajstić information content (AvgIpc) is 3.01. The van der Waals surface area contributed by atoms with Crippen molar-refractivity contribution in [3.8, 4) is 0 Å². The minimum absolute atomic E-state index is 0.0242. The number of hydrogen-bond acceptors (Lipinski definition) is 2. The Balaban J connectivity index is 1.55. The van der Waals surface area contributed by atoms with Crippen molar-refractivity contribution < 1.29 is 4.79 Å². The molecule has 0 saturated heterocycles. The second-order valence-corrected chi connectivity index (χ2v) is 8.30. The molecule has 1 aromatic carbocycles. The molecule has 4 rings (SSSR count). The minimum atomic E-state index is 0.0242. The van der Waals surface area contributed by atoms with E-state index in [0.717, 1.165) is 42.6 Å². The molecule has 2 aliphatic carbocycles. The minimum Gasteiger partial charge on any atom is -0.350 e. The predicted molar refractivity (Wildman–Crippen MR) is 98.7 cm³/mol. The van der Waals surface area contributed by atoms with Crippen molar-refractivity contribution in [3.05, 3.63) is 52.8 Å². The Morgan fingerprint density at radius 1 is 1.20 bits per heavy atom. The zero-order chi connectivity index (χ0) is 17.7. The van der Waals surface area contributed by atoms with Gasteiger partial charge in [0.1, 0.15) is 5.69 Å². The summed E-state index contributed by atoms with van der Waals surface area (Å²) in [5, 5.41) is 7.81. The molecule has 1 fully saturated rings. The summed E-state index contributed by atoms with van der Waals surface area (Å²) >= 11 is 0. The van der Waals surface area contributed by atoms with E-state index < -0.39 is 0 Å². The second kappa shape index (κ2) is 5.72. The van der Waals surface area contributed by atoms with Gasteiger partial charge >= 0.3 is 0 Å². The van der Waals surface area contributed by atoms with Crippen LogP contribution in [0, 0.1) is 5.41 Å². The van der Waals surface area contributed by atoms with Crippen molar-refractivity contribution in [2.75, 3.05) is 6.54 Å². The smallest absolute Gasteiger partial charge is 0.269 e. The van der Waals surface area contributed by atoms with Gasteiger partial charge in [-0.2, -0.15) is 5.10 Å². The van der Waals surface area contributed by atoms with E-state index in [4.69, 9.17) is 0 Å². The largest absolute Gasteiger partial charge is 0.350 e. The highest BCUT2D eigenvalue weighted by atomic mass is 16.2. The van der Waals surface area contributed by atoms with Crippen LogP contribution in [0.3, 0.4) is 0 Å². The van der Waals surface area contributed by atoms with Crippen molar-refractivity contribution in [2.45, 2.75) is 51.4 Å². The number of carbonyl (C=O) groups excluding carboxylic acids is 1. The summed E-state index contributed by atoms with van der Waals surface area (Å²) in [5.74, 6) is 0.0242. The van der Waals surface area contributed by atoms with Crippen LogP contribution < -0.4 is 5.32 Å². The fourth-order valence-electron chi connectivity index (χ4n) is 4.64. The number of aromatic nitrogens is 2. The second-order valence-electron chi connectivity index (χ2n) is 8.30. The Kier molecular flexibility index (Phi) is 3.75. The highest BCUT2D eigenvalue weighted by Crippen LogP contribution is 2.63. The first-order valence-corrected chi connectivity index (χ1v) is 9.33. The lowest BCUT2D eigenvalue weighted by molar-refractivity contribution is 0.0937. The third-order valence-corrected chi connectivity index (χ3v) is 6.33. The van der Waals surface area contributed by atoms with Crippen LogP contribution in [0.4, 0.5) is 0 Å². The molecule has 0 radical (unpaired) electrons. The standard InChI is InChI=1S/C21H27N3O/c1-20(2)13-21(20,15-9-5-4-6-10-15)14-22-19(25)18-16-11-7-8-12-17(16)23-24(18)3/h4-6,9-10H,7-8,11-14H2,1-3H3,(H,22,25)/t21-/m1/s1. The molecule has 0 spiro atoms. The number of aryl methyl sites for hydroxylation is 2. The summed E-state index contributed by atoms with van der Waals surface area (Å²) in [5.41, 5.74) is 4.62. The van der Waals surface area contributed by atoms with Crippen LogP contribution in [0.25, 0.3) is 0 Å². The van der Waals surface area contributed by atoms with Crippen molar-refractivity contribution in [1.82, 2.24) is 15.1 Å². The Bertz CT molecular complexity index is 806. The molecule has 1 heterocycles. The fourth-order valence-corrected chi connectivity index (χ4v) is 4.64. The highest BCUT2D eigenvalue weighted by Gasteiger charge is 2.61. The molecule has 0 unspecified atom stereocenters. The molecule has 1 N–H and O–H groups in total. The van der Waals surface area contributed by atoms with Crippen LogP contribution in [-0.4, -0.2) is 22.2 Å². The molecule has 132 valence electrons. The lowest BCUT2D eigenvalue weighted by atomic mass is 9.87. The Hall–Kier alpha value is -2.10. The van der Waals surface area contributed by atoms with Gasteiger partial charge in [-0.1, -0.05) is 44.2 Å². The van der Waals surface area contributed by atoms with Crippen molar-refractivity contribution in [3.63, 3.8) is 0 Å². The average molecular weight is 337 g/mol. The van der Waals surface area contributed by atoms with Gasteiger partial charge in [0.2, 0.25) is 0 Å². The number of hydrogen-bond donors (Lipinski definition) is 1. The molecule has 1 saturated carbocycles. The lowest BCUT2D eigenvalue weighted by Crippen LogP contribution is -2.36. The summed E-state index contributed by atoms with van der Waals surface area (Å²) in [4.78, 5) is 12.9. The van der Waals surface area contributed by atoms with Gasteiger partial charge in [0.15, 0.2) is 0 Å². The van der Waals surface area contributed by atoms with Crippen LogP contribution in [-0.2, 0) is 25.3 Å². The molecule has 1 aromatic heterocycles. The SMILES string of the molecule is Cn1nc2c(c1C(=O)NC[C@@]1(c3ccccc3)CC1(C)C)CCCC2. The molecule has 25 heavy (non-hydrogen) atoms. The monoisotopic (exact) mass is 337 g/mol. The maximum atomic E-state index is 12.9. The number of rotatable bonds is 4. The normalized spacial score (nSPS) is 23.8. The van der Waals surface area contributed by atoms with Crippen LogP contribution >= 0.6 is 0 Å². The molecule has 0 bridgehead atoms. The van der Waals surface area contributed by atoms with E-state index in [0.29, 0.717) is 6.54 Å². The van der Waals surface area contributed by atoms with Crippen LogP contribution in [0.2, 0.25) is 0 Å². The first kappa shape index (κ1) is 16.4. The maximum Gasteiger partial charge on any atom is 0.269 e. The van der Waals surface area contributed by atoms with Crippen LogP contribution in [0.15, 0.2) is 30.3 Å². The van der Waals surface area contributed by atoms with E-state index in [2.05, 4.69) is 48.5 Å². The number of benzene rings is 1. The van der Waals surface area contributed by atoms with Gasteiger partial charge in [-0.25, -0.2) is 0 Å². The van der Waals surface area contributed by atoms with E-state index in [9.17, 15) is 4.79 Å². The number of carbonyl (C=O) groups is 1. The Labute approximate surface area is 149 Å². The Morgan fingerprint density at radius 3 is 2.56 bits per heavy atom. The van der Waals surface area contributed by atoms with Crippen molar-refractivity contribution in [2.24, 2.45) is 12.5 Å². The number of nitrogens with one attached hydrogen (secondary N) is 1. The van der Waals surface area contributed by atoms with Crippen molar-refractivity contribution in [1.29, 1.82) is 0 Å². The third kappa shape index (κ3) is 2.59.